The first kappa shape index (κ1) is 15.8. The predicted octanol–water partition coefficient (Wildman–Crippen LogP) is 1.75. The van der Waals surface area contributed by atoms with Gasteiger partial charge < -0.3 is 10.6 Å². The van der Waals surface area contributed by atoms with Crippen LogP contribution in [0.5, 0.6) is 0 Å². The molecule has 0 bridgehead atoms. The lowest BCUT2D eigenvalue weighted by Gasteiger charge is -2.24. The Kier molecular flexibility index (Phi) is 4.60. The van der Waals surface area contributed by atoms with E-state index in [0.717, 1.165) is 11.1 Å². The van der Waals surface area contributed by atoms with Crippen molar-refractivity contribution in [3.8, 4) is 0 Å². The number of aromatic nitrogens is 2. The molecule has 0 saturated carbocycles. The van der Waals surface area contributed by atoms with Gasteiger partial charge in [-0.15, -0.1) is 0 Å². The molecule has 2 aromatic rings. The third-order valence-corrected chi connectivity index (χ3v) is 3.53. The third-order valence-electron chi connectivity index (χ3n) is 3.53. The SMILES string of the molecule is Cc1ccc(C(C)(C)C(=O)NCC(=O)Nc2cn[nH]c2)cc1. The Morgan fingerprint density at radius 1 is 1.23 bits per heavy atom. The van der Waals surface area contributed by atoms with E-state index in [4.69, 9.17) is 0 Å². The van der Waals surface area contributed by atoms with E-state index in [1.54, 1.807) is 6.20 Å². The normalized spacial score (nSPS) is 11.0. The highest BCUT2D eigenvalue weighted by Gasteiger charge is 2.29. The molecule has 0 aliphatic rings. The fourth-order valence-corrected chi connectivity index (χ4v) is 2.01. The lowest BCUT2D eigenvalue weighted by molar-refractivity contribution is -0.127. The van der Waals surface area contributed by atoms with Gasteiger partial charge in [-0.2, -0.15) is 5.10 Å². The summed E-state index contributed by atoms with van der Waals surface area (Å²) < 4.78 is 0. The highest BCUT2D eigenvalue weighted by molar-refractivity contribution is 5.96. The minimum Gasteiger partial charge on any atom is -0.346 e. The van der Waals surface area contributed by atoms with Crippen molar-refractivity contribution in [3.63, 3.8) is 0 Å². The molecule has 6 nitrogen and oxygen atoms in total. The predicted molar refractivity (Wildman–Crippen MR) is 84.4 cm³/mol. The van der Waals surface area contributed by atoms with E-state index in [2.05, 4.69) is 20.8 Å². The molecule has 0 unspecified atom stereocenters. The van der Waals surface area contributed by atoms with Crippen LogP contribution in [0.3, 0.4) is 0 Å². The van der Waals surface area contributed by atoms with Crippen LogP contribution in [0, 0.1) is 6.92 Å². The molecule has 6 heteroatoms. The molecule has 0 aliphatic carbocycles. The molecule has 0 fully saturated rings. The van der Waals surface area contributed by atoms with Crippen molar-refractivity contribution < 1.29 is 9.59 Å². The Morgan fingerprint density at radius 2 is 1.91 bits per heavy atom. The Labute approximate surface area is 129 Å². The zero-order valence-electron chi connectivity index (χ0n) is 12.9. The van der Waals surface area contributed by atoms with Crippen LogP contribution < -0.4 is 10.6 Å². The average Bonchev–Trinajstić information content (AvgIpc) is 2.98. The van der Waals surface area contributed by atoms with Crippen LogP contribution in [0.4, 0.5) is 5.69 Å². The van der Waals surface area contributed by atoms with E-state index >= 15 is 0 Å². The average molecular weight is 300 g/mol. The topological polar surface area (TPSA) is 86.9 Å². The summed E-state index contributed by atoms with van der Waals surface area (Å²) in [4.78, 5) is 24.1. The van der Waals surface area contributed by atoms with Crippen molar-refractivity contribution in [2.24, 2.45) is 0 Å². The fourth-order valence-electron chi connectivity index (χ4n) is 2.01. The number of hydrogen-bond acceptors (Lipinski definition) is 3. The smallest absolute Gasteiger partial charge is 0.243 e. The molecule has 1 aromatic heterocycles. The second-order valence-corrected chi connectivity index (χ2v) is 5.71. The van der Waals surface area contributed by atoms with E-state index in [1.807, 2.05) is 45.0 Å². The van der Waals surface area contributed by atoms with Gasteiger partial charge in [-0.3, -0.25) is 14.7 Å². The van der Waals surface area contributed by atoms with Gasteiger partial charge in [-0.25, -0.2) is 0 Å². The number of aromatic amines is 1. The monoisotopic (exact) mass is 300 g/mol. The summed E-state index contributed by atoms with van der Waals surface area (Å²) >= 11 is 0. The molecular weight excluding hydrogens is 280 g/mol. The first-order chi connectivity index (χ1) is 10.4. The largest absolute Gasteiger partial charge is 0.346 e. The number of rotatable bonds is 5. The molecule has 0 saturated heterocycles. The number of anilines is 1. The highest BCUT2D eigenvalue weighted by atomic mass is 16.2. The molecule has 0 atom stereocenters. The number of H-pyrrole nitrogens is 1. The van der Waals surface area contributed by atoms with Gasteiger partial charge in [0.15, 0.2) is 0 Å². The first-order valence-electron chi connectivity index (χ1n) is 7.03. The summed E-state index contributed by atoms with van der Waals surface area (Å²) in [5.41, 5.74) is 1.91. The zero-order valence-corrected chi connectivity index (χ0v) is 12.9. The number of carbonyl (C=O) groups is 2. The van der Waals surface area contributed by atoms with Gasteiger partial charge in [-0.1, -0.05) is 29.8 Å². The van der Waals surface area contributed by atoms with E-state index in [-0.39, 0.29) is 18.4 Å². The second kappa shape index (κ2) is 6.43. The van der Waals surface area contributed by atoms with Gasteiger partial charge in [-0.05, 0) is 26.3 Å². The molecular formula is C16H20N4O2. The van der Waals surface area contributed by atoms with Crippen LogP contribution in [0.1, 0.15) is 25.0 Å². The van der Waals surface area contributed by atoms with Crippen molar-refractivity contribution >= 4 is 17.5 Å². The van der Waals surface area contributed by atoms with Crippen LogP contribution in [0.15, 0.2) is 36.7 Å². The van der Waals surface area contributed by atoms with Gasteiger partial charge in [0.05, 0.1) is 23.8 Å². The number of nitrogens with zero attached hydrogens (tertiary/aromatic N) is 1. The lowest BCUT2D eigenvalue weighted by Crippen LogP contribution is -2.43. The van der Waals surface area contributed by atoms with Gasteiger partial charge in [0.1, 0.15) is 0 Å². The van der Waals surface area contributed by atoms with Crippen LogP contribution in [-0.2, 0) is 15.0 Å². The van der Waals surface area contributed by atoms with Gasteiger partial charge in [0.25, 0.3) is 0 Å². The summed E-state index contributed by atoms with van der Waals surface area (Å²) in [6.45, 7) is 5.58. The molecule has 0 aliphatic heterocycles. The van der Waals surface area contributed by atoms with E-state index in [9.17, 15) is 9.59 Å². The third kappa shape index (κ3) is 3.72. The standard InChI is InChI=1S/C16H20N4O2/c1-11-4-6-12(7-5-11)16(2,3)15(22)17-10-14(21)20-13-8-18-19-9-13/h4-9H,10H2,1-3H3,(H,17,22)(H,18,19)(H,20,21). The number of amides is 2. The quantitative estimate of drug-likeness (QED) is 0.786. The maximum Gasteiger partial charge on any atom is 0.243 e. The number of hydrogen-bond donors (Lipinski definition) is 3. The molecule has 2 amide bonds. The van der Waals surface area contributed by atoms with Gasteiger partial charge >= 0.3 is 0 Å². The molecule has 3 N–H and O–H groups in total. The lowest BCUT2D eigenvalue weighted by atomic mass is 9.83. The summed E-state index contributed by atoms with van der Waals surface area (Å²) in [6.07, 6.45) is 3.06. The van der Waals surface area contributed by atoms with Crippen molar-refractivity contribution in [3.05, 3.63) is 47.8 Å². The van der Waals surface area contributed by atoms with Crippen LogP contribution in [0.25, 0.3) is 0 Å². The number of benzene rings is 1. The van der Waals surface area contributed by atoms with Crippen molar-refractivity contribution in [2.45, 2.75) is 26.2 Å². The Hall–Kier alpha value is -2.63. The molecule has 1 heterocycles. The molecule has 116 valence electrons. The summed E-state index contributed by atoms with van der Waals surface area (Å²) in [5.74, 6) is -0.492. The minimum atomic E-state index is -0.705. The van der Waals surface area contributed by atoms with Gasteiger partial charge in [0.2, 0.25) is 11.8 Å². The number of nitrogens with one attached hydrogen (secondary N) is 3. The van der Waals surface area contributed by atoms with Crippen LogP contribution >= 0.6 is 0 Å². The Balaban J connectivity index is 1.93. The first-order valence-corrected chi connectivity index (χ1v) is 7.03. The maximum atomic E-state index is 12.3. The zero-order chi connectivity index (χ0) is 16.2. The fraction of sp³-hybridized carbons (Fsp3) is 0.312. The second-order valence-electron chi connectivity index (χ2n) is 5.71. The maximum absolute atomic E-state index is 12.3. The Bertz CT molecular complexity index is 645. The number of carbonyl (C=O) groups excluding carboxylic acids is 2. The summed E-state index contributed by atoms with van der Waals surface area (Å²) in [6, 6.07) is 7.80. The molecule has 2 rings (SSSR count). The summed E-state index contributed by atoms with van der Waals surface area (Å²) in [7, 11) is 0. The van der Waals surface area contributed by atoms with E-state index < -0.39 is 5.41 Å². The van der Waals surface area contributed by atoms with E-state index in [0.29, 0.717) is 5.69 Å². The van der Waals surface area contributed by atoms with E-state index in [1.165, 1.54) is 6.20 Å². The summed E-state index contributed by atoms with van der Waals surface area (Å²) in [5, 5.41) is 11.6. The molecule has 22 heavy (non-hydrogen) atoms. The molecule has 0 spiro atoms. The van der Waals surface area contributed by atoms with Crippen molar-refractivity contribution in [2.75, 3.05) is 11.9 Å². The van der Waals surface area contributed by atoms with Crippen LogP contribution in [0.2, 0.25) is 0 Å². The molecule has 1 aromatic carbocycles. The minimum absolute atomic E-state index is 0.0840. The van der Waals surface area contributed by atoms with Gasteiger partial charge in [0, 0.05) is 6.20 Å². The van der Waals surface area contributed by atoms with Crippen molar-refractivity contribution in [1.29, 1.82) is 0 Å². The highest BCUT2D eigenvalue weighted by Crippen LogP contribution is 2.23. The number of aryl methyl sites for hydroxylation is 1. The Morgan fingerprint density at radius 3 is 2.50 bits per heavy atom. The molecule has 0 radical (unpaired) electrons. The van der Waals surface area contributed by atoms with Crippen LogP contribution in [-0.4, -0.2) is 28.6 Å². The van der Waals surface area contributed by atoms with Crippen molar-refractivity contribution in [1.82, 2.24) is 15.5 Å².